The van der Waals surface area contributed by atoms with Gasteiger partial charge in [0.05, 0.1) is 23.7 Å². The van der Waals surface area contributed by atoms with Crippen LogP contribution < -0.4 is 4.73 Å². The number of hydrogen-bond donors (Lipinski definition) is 0. The van der Waals surface area contributed by atoms with Crippen molar-refractivity contribution < 1.29 is 4.73 Å². The third-order valence-electron chi connectivity index (χ3n) is 4.12. The zero-order valence-electron chi connectivity index (χ0n) is 14.0. The van der Waals surface area contributed by atoms with Crippen LogP contribution in [0.5, 0.6) is 0 Å². The second kappa shape index (κ2) is 5.77. The summed E-state index contributed by atoms with van der Waals surface area (Å²) in [6.45, 7) is 8.37. The predicted octanol–water partition coefficient (Wildman–Crippen LogP) is 2.99. The van der Waals surface area contributed by atoms with Gasteiger partial charge >= 0.3 is 5.65 Å². The number of aromatic nitrogens is 5. The molecule has 0 radical (unpaired) electrons. The number of fused-ring (bicyclic) bond motifs is 1. The van der Waals surface area contributed by atoms with Gasteiger partial charge in [-0.1, -0.05) is 20.8 Å². The second-order valence-corrected chi connectivity index (χ2v) is 7.08. The Kier molecular flexibility index (Phi) is 4.07. The Balaban J connectivity index is 2.34. The van der Waals surface area contributed by atoms with E-state index in [2.05, 4.69) is 53.6 Å². The van der Waals surface area contributed by atoms with Crippen molar-refractivity contribution >= 4 is 33.6 Å². The highest BCUT2D eigenvalue weighted by Gasteiger charge is 2.22. The highest BCUT2D eigenvalue weighted by Crippen LogP contribution is 2.28. The predicted molar refractivity (Wildman–Crippen MR) is 97.7 cm³/mol. The SMILES string of the molecule is CCc1c(-n2nc(I)c(C(C)C)c2C)cc2cn(C)nc2[n+]1[O-]. The number of aryl methyl sites for hydroxylation is 1. The normalized spacial score (nSPS) is 11.8. The molecule has 0 bridgehead atoms. The fourth-order valence-electron chi connectivity index (χ4n) is 3.10. The molecule has 7 heteroatoms. The minimum atomic E-state index is 0.391. The lowest BCUT2D eigenvalue weighted by Crippen LogP contribution is -2.34. The van der Waals surface area contributed by atoms with E-state index in [1.807, 2.05) is 30.9 Å². The molecule has 0 aliphatic rings. The maximum Gasteiger partial charge on any atom is 0.360 e. The lowest BCUT2D eigenvalue weighted by molar-refractivity contribution is -0.587. The molecule has 0 saturated carbocycles. The molecule has 6 nitrogen and oxygen atoms in total. The van der Waals surface area contributed by atoms with E-state index < -0.39 is 0 Å². The summed E-state index contributed by atoms with van der Waals surface area (Å²) >= 11 is 2.27. The van der Waals surface area contributed by atoms with Crippen molar-refractivity contribution in [2.75, 3.05) is 0 Å². The van der Waals surface area contributed by atoms with E-state index in [1.165, 1.54) is 5.56 Å². The van der Waals surface area contributed by atoms with E-state index in [0.29, 0.717) is 23.7 Å². The molecule has 3 heterocycles. The van der Waals surface area contributed by atoms with Gasteiger partial charge in [0.1, 0.15) is 15.1 Å². The summed E-state index contributed by atoms with van der Waals surface area (Å²) in [6.07, 6.45) is 2.48. The summed E-state index contributed by atoms with van der Waals surface area (Å²) < 4.78 is 5.49. The van der Waals surface area contributed by atoms with Crippen molar-refractivity contribution in [2.24, 2.45) is 7.05 Å². The van der Waals surface area contributed by atoms with Gasteiger partial charge in [0.2, 0.25) is 0 Å². The smallest absolute Gasteiger partial charge is 0.360 e. The summed E-state index contributed by atoms with van der Waals surface area (Å²) in [4.78, 5) is 0. The summed E-state index contributed by atoms with van der Waals surface area (Å²) in [5, 5.41) is 22.5. The van der Waals surface area contributed by atoms with Crippen LogP contribution in [0, 0.1) is 15.8 Å². The summed E-state index contributed by atoms with van der Waals surface area (Å²) in [6, 6.07) is 2.01. The topological polar surface area (TPSA) is 62.6 Å². The number of rotatable bonds is 3. The van der Waals surface area contributed by atoms with Gasteiger partial charge < -0.3 is 5.21 Å². The van der Waals surface area contributed by atoms with Gasteiger partial charge in [-0.2, -0.15) is 9.78 Å². The minimum Gasteiger partial charge on any atom is -0.710 e. The zero-order chi connectivity index (χ0) is 16.9. The monoisotopic (exact) mass is 425 g/mol. The summed E-state index contributed by atoms with van der Waals surface area (Å²) in [5.74, 6) is 0.391. The first-order chi connectivity index (χ1) is 10.8. The van der Waals surface area contributed by atoms with Crippen molar-refractivity contribution in [3.63, 3.8) is 0 Å². The summed E-state index contributed by atoms with van der Waals surface area (Å²) in [5.41, 5.74) is 4.30. The molecule has 0 aromatic carbocycles. The van der Waals surface area contributed by atoms with Gasteiger partial charge in [-0.3, -0.25) is 0 Å². The van der Waals surface area contributed by atoms with Crippen LogP contribution in [0.25, 0.3) is 16.7 Å². The Morgan fingerprint density at radius 2 is 2.04 bits per heavy atom. The lowest BCUT2D eigenvalue weighted by Gasteiger charge is -2.14. The average Bonchev–Trinajstić information content (AvgIpc) is 2.98. The maximum absolute atomic E-state index is 12.7. The first-order valence-corrected chi connectivity index (χ1v) is 8.77. The van der Waals surface area contributed by atoms with Crippen LogP contribution in [-0.2, 0) is 13.5 Å². The molecule has 3 aromatic rings. The van der Waals surface area contributed by atoms with Crippen LogP contribution in [0.4, 0.5) is 0 Å². The fourth-order valence-corrected chi connectivity index (χ4v) is 4.32. The molecule has 3 rings (SSSR count). The van der Waals surface area contributed by atoms with Crippen molar-refractivity contribution in [1.82, 2.24) is 19.6 Å². The van der Waals surface area contributed by atoms with Gasteiger partial charge in [-0.05, 0) is 41.5 Å². The standard InChI is InChI=1S/C16H20IN5O/c1-6-12-13(7-11-8-20(5)19-16(11)22(12)23)21-10(4)14(9(2)3)15(17)18-21/h7-9H,6H2,1-5H3. The van der Waals surface area contributed by atoms with Gasteiger partial charge in [0, 0.05) is 17.7 Å². The van der Waals surface area contributed by atoms with E-state index >= 15 is 0 Å². The molecule has 0 unspecified atom stereocenters. The van der Waals surface area contributed by atoms with Crippen molar-refractivity contribution in [3.8, 4) is 5.69 Å². The molecule has 3 aromatic heterocycles. The van der Waals surface area contributed by atoms with E-state index in [4.69, 9.17) is 0 Å². The molecule has 0 atom stereocenters. The van der Waals surface area contributed by atoms with Gasteiger partial charge in [-0.15, -0.1) is 0 Å². The molecule has 0 N–H and O–H groups in total. The Bertz CT molecular complexity index is 894. The highest BCUT2D eigenvalue weighted by molar-refractivity contribution is 14.1. The first kappa shape index (κ1) is 16.2. The van der Waals surface area contributed by atoms with Crippen molar-refractivity contribution in [1.29, 1.82) is 0 Å². The Morgan fingerprint density at radius 1 is 1.35 bits per heavy atom. The third-order valence-corrected chi connectivity index (χ3v) is 4.92. The van der Waals surface area contributed by atoms with E-state index in [0.717, 1.165) is 25.2 Å². The van der Waals surface area contributed by atoms with Gasteiger partial charge in [-0.25, -0.2) is 9.41 Å². The first-order valence-electron chi connectivity index (χ1n) is 7.69. The lowest BCUT2D eigenvalue weighted by atomic mass is 10.0. The molecular formula is C16H20IN5O. The fraction of sp³-hybridized carbons (Fsp3) is 0.438. The number of hydrogen-bond acceptors (Lipinski definition) is 3. The van der Waals surface area contributed by atoms with Crippen LogP contribution in [-0.4, -0.2) is 19.6 Å². The van der Waals surface area contributed by atoms with Crippen LogP contribution in [0.1, 0.15) is 43.6 Å². The number of pyridine rings is 1. The van der Waals surface area contributed by atoms with Crippen molar-refractivity contribution in [2.45, 2.75) is 40.0 Å². The van der Waals surface area contributed by atoms with Crippen LogP contribution in [0.2, 0.25) is 0 Å². The molecule has 0 saturated heterocycles. The molecule has 122 valence electrons. The van der Waals surface area contributed by atoms with Crippen molar-refractivity contribution in [3.05, 3.63) is 38.1 Å². The number of halogens is 1. The van der Waals surface area contributed by atoms with Crippen LogP contribution in [0.15, 0.2) is 12.3 Å². The zero-order valence-corrected chi connectivity index (χ0v) is 16.1. The molecule has 0 amide bonds. The quantitative estimate of drug-likeness (QED) is 0.368. The minimum absolute atomic E-state index is 0.391. The summed E-state index contributed by atoms with van der Waals surface area (Å²) in [7, 11) is 1.82. The maximum atomic E-state index is 12.7. The largest absolute Gasteiger partial charge is 0.710 e. The number of nitrogens with zero attached hydrogens (tertiary/aromatic N) is 5. The Labute approximate surface area is 148 Å². The molecule has 0 fully saturated rings. The van der Waals surface area contributed by atoms with E-state index in [9.17, 15) is 5.21 Å². The van der Waals surface area contributed by atoms with Gasteiger partial charge in [0.15, 0.2) is 0 Å². The third kappa shape index (κ3) is 2.50. The van der Waals surface area contributed by atoms with Gasteiger partial charge in [0.25, 0.3) is 0 Å². The molecule has 0 spiro atoms. The van der Waals surface area contributed by atoms with Crippen LogP contribution in [0.3, 0.4) is 0 Å². The molecule has 0 aliphatic carbocycles. The Hall–Kier alpha value is -1.64. The Morgan fingerprint density at radius 3 is 2.61 bits per heavy atom. The van der Waals surface area contributed by atoms with E-state index in [-0.39, 0.29) is 0 Å². The van der Waals surface area contributed by atoms with Crippen LogP contribution >= 0.6 is 22.6 Å². The second-order valence-electron chi connectivity index (χ2n) is 6.06. The molecular weight excluding hydrogens is 405 g/mol. The average molecular weight is 425 g/mol. The highest BCUT2D eigenvalue weighted by atomic mass is 127. The molecule has 23 heavy (non-hydrogen) atoms. The van der Waals surface area contributed by atoms with E-state index in [1.54, 1.807) is 4.68 Å². The molecule has 0 aliphatic heterocycles.